The zero-order valence-electron chi connectivity index (χ0n) is 13.3. The van der Waals surface area contributed by atoms with Crippen LogP contribution in [0.15, 0.2) is 47.1 Å². The van der Waals surface area contributed by atoms with Gasteiger partial charge in [0.2, 0.25) is 0 Å². The normalized spacial score (nSPS) is 19.4. The molecule has 0 aliphatic carbocycles. The van der Waals surface area contributed by atoms with E-state index in [1.165, 1.54) is 0 Å². The van der Waals surface area contributed by atoms with Crippen LogP contribution in [-0.2, 0) is 9.31 Å². The van der Waals surface area contributed by atoms with Gasteiger partial charge in [0.15, 0.2) is 0 Å². The lowest BCUT2D eigenvalue weighted by molar-refractivity contribution is 0.00578. The number of benzene rings is 1. The van der Waals surface area contributed by atoms with Crippen LogP contribution in [0, 0.1) is 0 Å². The van der Waals surface area contributed by atoms with E-state index in [9.17, 15) is 0 Å². The summed E-state index contributed by atoms with van der Waals surface area (Å²) in [6.45, 7) is 8.25. The second-order valence-electron chi connectivity index (χ2n) is 6.56. The van der Waals surface area contributed by atoms with Crippen molar-refractivity contribution in [3.05, 3.63) is 47.1 Å². The Balaban J connectivity index is 1.93. The average molecular weight is 360 g/mol. The fourth-order valence-electron chi connectivity index (χ4n) is 2.39. The summed E-state index contributed by atoms with van der Waals surface area (Å²) in [6.07, 6.45) is 0. The minimum absolute atomic E-state index is 0.332. The summed E-state index contributed by atoms with van der Waals surface area (Å²) in [4.78, 5) is 4.50. The van der Waals surface area contributed by atoms with Gasteiger partial charge in [-0.1, -0.05) is 30.3 Å². The van der Waals surface area contributed by atoms with E-state index < -0.39 is 0 Å². The molecule has 1 aliphatic rings. The van der Waals surface area contributed by atoms with Crippen LogP contribution in [0.25, 0.3) is 11.3 Å². The Hall–Kier alpha value is -1.17. The van der Waals surface area contributed by atoms with E-state index in [1.54, 1.807) is 0 Å². The van der Waals surface area contributed by atoms with Crippen LogP contribution < -0.4 is 5.46 Å². The number of pyridine rings is 1. The Morgan fingerprint density at radius 2 is 1.59 bits per heavy atom. The van der Waals surface area contributed by atoms with Gasteiger partial charge in [-0.25, -0.2) is 4.98 Å². The third kappa shape index (κ3) is 2.85. The van der Waals surface area contributed by atoms with Crippen molar-refractivity contribution in [1.29, 1.82) is 0 Å². The lowest BCUT2D eigenvalue weighted by atomic mass is 9.78. The third-order valence-corrected chi connectivity index (χ3v) is 4.86. The first-order valence-electron chi connectivity index (χ1n) is 7.37. The fourth-order valence-corrected chi connectivity index (χ4v) is 2.74. The number of halogens is 1. The Labute approximate surface area is 140 Å². The van der Waals surface area contributed by atoms with Gasteiger partial charge in [0, 0.05) is 0 Å². The molecule has 0 radical (unpaired) electrons. The van der Waals surface area contributed by atoms with Gasteiger partial charge in [-0.05, 0) is 66.8 Å². The Bertz CT molecular complexity index is 687. The number of aromatic nitrogens is 1. The second-order valence-corrected chi connectivity index (χ2v) is 7.37. The number of nitrogens with zero attached hydrogens (tertiary/aromatic N) is 1. The molecule has 114 valence electrons. The molecule has 3 nitrogen and oxygen atoms in total. The van der Waals surface area contributed by atoms with E-state index in [4.69, 9.17) is 9.31 Å². The Morgan fingerprint density at radius 1 is 0.955 bits per heavy atom. The molecule has 0 bridgehead atoms. The van der Waals surface area contributed by atoms with E-state index in [0.717, 1.165) is 21.3 Å². The fraction of sp³-hybridized carbons (Fsp3) is 0.353. The molecular formula is C17H19BBrNO2. The molecule has 2 heterocycles. The molecule has 0 amide bonds. The van der Waals surface area contributed by atoms with Crippen molar-refractivity contribution in [3.63, 3.8) is 0 Å². The minimum atomic E-state index is -0.350. The molecule has 0 unspecified atom stereocenters. The SMILES string of the molecule is CC1(C)OB(c2cccc(-c3cccc(Br)n3)c2)OC1(C)C. The monoisotopic (exact) mass is 359 g/mol. The molecule has 0 saturated carbocycles. The van der Waals surface area contributed by atoms with Gasteiger partial charge >= 0.3 is 7.12 Å². The summed E-state index contributed by atoms with van der Waals surface area (Å²) in [5, 5.41) is 0. The van der Waals surface area contributed by atoms with Gasteiger partial charge in [-0.2, -0.15) is 0 Å². The zero-order valence-corrected chi connectivity index (χ0v) is 14.8. The molecule has 0 atom stereocenters. The second kappa shape index (κ2) is 5.48. The van der Waals surface area contributed by atoms with Gasteiger partial charge in [-0.15, -0.1) is 0 Å². The van der Waals surface area contributed by atoms with Crippen LogP contribution in [-0.4, -0.2) is 23.3 Å². The summed E-state index contributed by atoms with van der Waals surface area (Å²) >= 11 is 3.41. The van der Waals surface area contributed by atoms with E-state index in [2.05, 4.69) is 54.7 Å². The standard InChI is InChI=1S/C17H19BBrNO2/c1-16(2)17(3,4)22-18(21-16)13-8-5-7-12(11-13)14-9-6-10-15(19)20-14/h5-11H,1-4H3. The van der Waals surface area contributed by atoms with E-state index >= 15 is 0 Å². The quantitative estimate of drug-likeness (QED) is 0.603. The van der Waals surface area contributed by atoms with Crippen LogP contribution >= 0.6 is 15.9 Å². The van der Waals surface area contributed by atoms with Gasteiger partial charge in [0.05, 0.1) is 16.9 Å². The summed E-state index contributed by atoms with van der Waals surface area (Å²) in [6, 6.07) is 14.1. The van der Waals surface area contributed by atoms with Crippen LogP contribution in [0.4, 0.5) is 0 Å². The van der Waals surface area contributed by atoms with Crippen molar-refractivity contribution >= 4 is 28.5 Å². The van der Waals surface area contributed by atoms with Crippen LogP contribution in [0.3, 0.4) is 0 Å². The van der Waals surface area contributed by atoms with Crippen molar-refractivity contribution in [2.45, 2.75) is 38.9 Å². The van der Waals surface area contributed by atoms with Gasteiger partial charge < -0.3 is 9.31 Å². The number of hydrogen-bond acceptors (Lipinski definition) is 3. The molecule has 1 aliphatic heterocycles. The molecule has 0 spiro atoms. The van der Waals surface area contributed by atoms with Crippen molar-refractivity contribution < 1.29 is 9.31 Å². The molecule has 1 aromatic carbocycles. The molecule has 1 fully saturated rings. The van der Waals surface area contributed by atoms with Gasteiger partial charge in [0.25, 0.3) is 0 Å². The average Bonchev–Trinajstić information content (AvgIpc) is 2.68. The molecule has 1 saturated heterocycles. The highest BCUT2D eigenvalue weighted by Gasteiger charge is 2.51. The van der Waals surface area contributed by atoms with Gasteiger partial charge in [-0.3, -0.25) is 0 Å². The van der Waals surface area contributed by atoms with Crippen LogP contribution in [0.1, 0.15) is 27.7 Å². The summed E-state index contributed by atoms with van der Waals surface area (Å²) in [5.74, 6) is 0. The Kier molecular flexibility index (Phi) is 3.92. The predicted octanol–water partition coefficient (Wildman–Crippen LogP) is 3.81. The highest BCUT2D eigenvalue weighted by atomic mass is 79.9. The van der Waals surface area contributed by atoms with Crippen LogP contribution in [0.5, 0.6) is 0 Å². The van der Waals surface area contributed by atoms with E-state index in [-0.39, 0.29) is 18.3 Å². The smallest absolute Gasteiger partial charge is 0.399 e. The maximum absolute atomic E-state index is 6.11. The first-order chi connectivity index (χ1) is 10.3. The van der Waals surface area contributed by atoms with Crippen molar-refractivity contribution in [1.82, 2.24) is 4.98 Å². The summed E-state index contributed by atoms with van der Waals surface area (Å²) < 4.78 is 13.1. The van der Waals surface area contributed by atoms with Crippen molar-refractivity contribution in [2.24, 2.45) is 0 Å². The lowest BCUT2D eigenvalue weighted by Gasteiger charge is -2.32. The van der Waals surface area contributed by atoms with Crippen molar-refractivity contribution in [2.75, 3.05) is 0 Å². The topological polar surface area (TPSA) is 31.4 Å². The molecule has 0 N–H and O–H groups in total. The maximum atomic E-state index is 6.11. The Morgan fingerprint density at radius 3 is 2.23 bits per heavy atom. The van der Waals surface area contributed by atoms with E-state index in [1.807, 2.05) is 36.4 Å². The van der Waals surface area contributed by atoms with Crippen molar-refractivity contribution in [3.8, 4) is 11.3 Å². The predicted molar refractivity (Wildman–Crippen MR) is 93.1 cm³/mol. The molecule has 2 aromatic rings. The van der Waals surface area contributed by atoms with E-state index in [0.29, 0.717) is 0 Å². The summed E-state index contributed by atoms with van der Waals surface area (Å²) in [5.41, 5.74) is 2.32. The zero-order chi connectivity index (χ0) is 16.0. The molecule has 3 rings (SSSR count). The number of rotatable bonds is 2. The van der Waals surface area contributed by atoms with Crippen LogP contribution in [0.2, 0.25) is 0 Å². The molecule has 1 aromatic heterocycles. The molecule has 22 heavy (non-hydrogen) atoms. The molecular weight excluding hydrogens is 341 g/mol. The minimum Gasteiger partial charge on any atom is -0.399 e. The number of hydrogen-bond donors (Lipinski definition) is 0. The first kappa shape index (κ1) is 15.7. The van der Waals surface area contributed by atoms with Gasteiger partial charge in [0.1, 0.15) is 4.60 Å². The highest BCUT2D eigenvalue weighted by molar-refractivity contribution is 9.10. The highest BCUT2D eigenvalue weighted by Crippen LogP contribution is 2.36. The third-order valence-electron chi connectivity index (χ3n) is 4.42. The maximum Gasteiger partial charge on any atom is 0.494 e. The lowest BCUT2D eigenvalue weighted by Crippen LogP contribution is -2.41. The summed E-state index contributed by atoms with van der Waals surface area (Å²) in [7, 11) is -0.350. The first-order valence-corrected chi connectivity index (χ1v) is 8.16. The molecule has 5 heteroatoms. The largest absolute Gasteiger partial charge is 0.494 e.